The molecule has 2 N–H and O–H groups in total. The van der Waals surface area contributed by atoms with Crippen molar-refractivity contribution in [3.05, 3.63) is 76.8 Å². The number of hydrogen-bond acceptors (Lipinski definition) is 5. The highest BCUT2D eigenvalue weighted by Gasteiger charge is 2.31. The van der Waals surface area contributed by atoms with Gasteiger partial charge in [-0.1, -0.05) is 57.4 Å². The lowest BCUT2D eigenvalue weighted by molar-refractivity contribution is -0.498. The Labute approximate surface area is 144 Å². The zero-order chi connectivity index (χ0) is 16.5. The number of anilines is 1. The molecule has 0 atom stereocenters. The average Bonchev–Trinajstić information content (AvgIpc) is 3.21. The van der Waals surface area contributed by atoms with Crippen molar-refractivity contribution in [1.82, 2.24) is 15.9 Å². The van der Waals surface area contributed by atoms with Crippen LogP contribution in [0.15, 0.2) is 60.7 Å². The number of nitrogens with one attached hydrogen (secondary N) is 2. The molecule has 0 unspecified atom stereocenters. The molecule has 1 aliphatic rings. The molecule has 0 aliphatic carbocycles. The smallest absolute Gasteiger partial charge is 0.183 e. The quantitative estimate of drug-likeness (QED) is 0.720. The fourth-order valence-electron chi connectivity index (χ4n) is 2.51. The fourth-order valence-corrected chi connectivity index (χ4v) is 3.38. The van der Waals surface area contributed by atoms with Crippen molar-refractivity contribution < 1.29 is 4.68 Å². The van der Waals surface area contributed by atoms with E-state index in [1.54, 1.807) is 11.3 Å². The van der Waals surface area contributed by atoms with Gasteiger partial charge in [0.15, 0.2) is 0 Å². The van der Waals surface area contributed by atoms with Crippen LogP contribution in [-0.4, -0.2) is 15.5 Å². The van der Waals surface area contributed by atoms with E-state index < -0.39 is 0 Å². The summed E-state index contributed by atoms with van der Waals surface area (Å²) in [5.74, 6) is 0.952. The summed E-state index contributed by atoms with van der Waals surface area (Å²) in [6, 6.07) is 20.4. The van der Waals surface area contributed by atoms with Crippen LogP contribution in [0.1, 0.15) is 16.1 Å². The number of rotatable bonds is 3. The lowest BCUT2D eigenvalue weighted by atomic mass is 10.2. The van der Waals surface area contributed by atoms with Gasteiger partial charge in [-0.2, -0.15) is 11.0 Å². The van der Waals surface area contributed by atoms with Crippen LogP contribution in [0.3, 0.4) is 0 Å². The van der Waals surface area contributed by atoms with E-state index in [-0.39, 0.29) is 0 Å². The molecule has 0 radical (unpaired) electrons. The molecule has 4 rings (SSSR count). The molecule has 3 aromatic rings. The largest absolute Gasteiger partial charge is 0.345 e. The maximum Gasteiger partial charge on any atom is 0.345 e. The van der Waals surface area contributed by atoms with Crippen molar-refractivity contribution >= 4 is 28.0 Å². The number of thiazole rings is 1. The highest BCUT2D eigenvalue weighted by Crippen LogP contribution is 2.25. The zero-order valence-corrected chi connectivity index (χ0v) is 14.3. The summed E-state index contributed by atoms with van der Waals surface area (Å²) < 4.78 is 1.99. The summed E-state index contributed by atoms with van der Waals surface area (Å²) in [5, 5.41) is 2.81. The molecule has 0 saturated heterocycles. The predicted octanol–water partition coefficient (Wildman–Crippen LogP) is 3.30. The first-order chi connectivity index (χ1) is 11.7. The number of hydrazine groups is 3. The fraction of sp³-hybridized carbons (Fsp3) is 0.111. The van der Waals surface area contributed by atoms with Gasteiger partial charge >= 0.3 is 5.13 Å². The van der Waals surface area contributed by atoms with Gasteiger partial charge < -0.3 is 0 Å². The molecule has 5 nitrogen and oxygen atoms in total. The molecule has 6 heteroatoms. The van der Waals surface area contributed by atoms with Gasteiger partial charge in [-0.25, -0.2) is 0 Å². The number of amidine groups is 1. The van der Waals surface area contributed by atoms with Gasteiger partial charge in [0.05, 0.1) is 11.3 Å². The second-order valence-electron chi connectivity index (χ2n) is 5.57. The van der Waals surface area contributed by atoms with E-state index in [9.17, 15) is 0 Å². The Hall–Kier alpha value is -2.86. The van der Waals surface area contributed by atoms with Crippen molar-refractivity contribution in [1.29, 1.82) is 0 Å². The van der Waals surface area contributed by atoms with Gasteiger partial charge in [-0.3, -0.25) is 0 Å². The third kappa shape index (κ3) is 2.61. The Kier molecular flexibility index (Phi) is 3.66. The van der Waals surface area contributed by atoms with Crippen molar-refractivity contribution in [3.8, 4) is 0 Å². The van der Waals surface area contributed by atoms with E-state index in [4.69, 9.17) is 4.98 Å². The molecule has 2 heterocycles. The van der Waals surface area contributed by atoms with Crippen LogP contribution < -0.4 is 16.1 Å². The lowest BCUT2D eigenvalue weighted by Gasteiger charge is -2.14. The van der Waals surface area contributed by atoms with Gasteiger partial charge in [-0.15, -0.1) is 5.12 Å². The number of hydrogen-bond donors (Lipinski definition) is 2. The van der Waals surface area contributed by atoms with Crippen molar-refractivity contribution in [2.24, 2.45) is 0 Å². The van der Waals surface area contributed by atoms with Crippen LogP contribution in [0.25, 0.3) is 0 Å². The zero-order valence-electron chi connectivity index (χ0n) is 13.5. The molecule has 1 aromatic heterocycles. The molecule has 0 spiro atoms. The predicted molar refractivity (Wildman–Crippen MR) is 97.3 cm³/mol. The Morgan fingerprint density at radius 3 is 2.25 bits per heavy atom. The van der Waals surface area contributed by atoms with E-state index in [0.29, 0.717) is 0 Å². The van der Waals surface area contributed by atoms with E-state index in [1.807, 2.05) is 65.3 Å². The first kappa shape index (κ1) is 14.7. The number of aromatic nitrogens is 1. The SMILES string of the molecule is Cc1nc([N+]2=C(c3ccccc3)NN(c3ccccc3)N2)sc1C. The second-order valence-corrected chi connectivity index (χ2v) is 6.75. The summed E-state index contributed by atoms with van der Waals surface area (Å²) >= 11 is 1.67. The van der Waals surface area contributed by atoms with Crippen LogP contribution in [0.5, 0.6) is 0 Å². The highest BCUT2D eigenvalue weighted by molar-refractivity contribution is 7.14. The van der Waals surface area contributed by atoms with Gasteiger partial charge in [0.2, 0.25) is 0 Å². The maximum absolute atomic E-state index is 4.69. The van der Waals surface area contributed by atoms with Gasteiger partial charge in [-0.05, 0) is 38.1 Å². The number of hydrazone groups is 1. The van der Waals surface area contributed by atoms with Crippen molar-refractivity contribution in [3.63, 3.8) is 0 Å². The molecule has 24 heavy (non-hydrogen) atoms. The summed E-state index contributed by atoms with van der Waals surface area (Å²) in [5.41, 5.74) is 9.99. The lowest BCUT2D eigenvalue weighted by Crippen LogP contribution is -2.43. The minimum atomic E-state index is 0.912. The molecule has 0 amide bonds. The van der Waals surface area contributed by atoms with Crippen molar-refractivity contribution in [2.45, 2.75) is 13.8 Å². The Morgan fingerprint density at radius 2 is 1.62 bits per heavy atom. The molecular weight excluding hydrogens is 318 g/mol. The van der Waals surface area contributed by atoms with E-state index in [0.717, 1.165) is 27.9 Å². The third-order valence-corrected chi connectivity index (χ3v) is 4.97. The topological polar surface area (TPSA) is 43.2 Å². The van der Waals surface area contributed by atoms with Crippen LogP contribution in [0.2, 0.25) is 0 Å². The van der Waals surface area contributed by atoms with E-state index >= 15 is 0 Å². The van der Waals surface area contributed by atoms with Crippen molar-refractivity contribution in [2.75, 3.05) is 5.12 Å². The van der Waals surface area contributed by atoms with Crippen LogP contribution >= 0.6 is 11.3 Å². The standard InChI is InChI=1S/C18H17N5S/c1-13-14(2)24-18(19-13)22-17(15-9-5-3-6-10-15)20-23(21-22)16-11-7-4-8-12-16/h3-12,21H,1-2H3/p+1. The number of benzene rings is 2. The molecule has 2 aromatic carbocycles. The molecular formula is C18H18N5S+. The maximum atomic E-state index is 4.69. The second kappa shape index (κ2) is 5.98. The molecule has 120 valence electrons. The highest BCUT2D eigenvalue weighted by atomic mass is 32.1. The summed E-state index contributed by atoms with van der Waals surface area (Å²) in [6.45, 7) is 4.13. The number of nitrogens with zero attached hydrogens (tertiary/aromatic N) is 3. The molecule has 0 bridgehead atoms. The van der Waals surface area contributed by atoms with E-state index in [2.05, 4.69) is 30.0 Å². The van der Waals surface area contributed by atoms with Crippen LogP contribution in [0.4, 0.5) is 10.8 Å². The molecule has 1 aliphatic heterocycles. The van der Waals surface area contributed by atoms with Crippen LogP contribution in [0, 0.1) is 13.8 Å². The molecule has 0 saturated carbocycles. The average molecular weight is 336 g/mol. The van der Waals surface area contributed by atoms with Crippen LogP contribution in [-0.2, 0) is 0 Å². The van der Waals surface area contributed by atoms with Gasteiger partial charge in [0, 0.05) is 4.88 Å². The van der Waals surface area contributed by atoms with Gasteiger partial charge in [0.25, 0.3) is 5.84 Å². The first-order valence-corrected chi connectivity index (χ1v) is 8.58. The number of para-hydroxylation sites is 1. The molecule has 0 fully saturated rings. The monoisotopic (exact) mass is 336 g/mol. The minimum absolute atomic E-state index is 0.912. The third-order valence-electron chi connectivity index (χ3n) is 3.91. The van der Waals surface area contributed by atoms with Gasteiger partial charge in [0.1, 0.15) is 5.69 Å². The summed E-state index contributed by atoms with van der Waals surface area (Å²) in [6.07, 6.45) is 0. The van der Waals surface area contributed by atoms with E-state index in [1.165, 1.54) is 4.88 Å². The Balaban J connectivity index is 1.78. The normalized spacial score (nSPS) is 13.8. The minimum Gasteiger partial charge on any atom is -0.183 e. The summed E-state index contributed by atoms with van der Waals surface area (Å²) in [4.78, 5) is 5.91. The number of aryl methyl sites for hydroxylation is 2. The first-order valence-electron chi connectivity index (χ1n) is 7.77. The Morgan fingerprint density at radius 1 is 0.958 bits per heavy atom. The summed E-state index contributed by atoms with van der Waals surface area (Å²) in [7, 11) is 0. The Bertz CT molecular complexity index is 867.